The molecule has 2 nitrogen and oxygen atoms in total. The first-order valence-electron chi connectivity index (χ1n) is 5.11. The minimum absolute atomic E-state index is 0.0477. The van der Waals surface area contributed by atoms with Crippen molar-refractivity contribution in [1.29, 1.82) is 0 Å². The van der Waals surface area contributed by atoms with Crippen LogP contribution in [0.1, 0.15) is 33.3 Å². The van der Waals surface area contributed by atoms with Crippen molar-refractivity contribution in [3.63, 3.8) is 0 Å². The second-order valence-electron chi connectivity index (χ2n) is 4.46. The van der Waals surface area contributed by atoms with Crippen LogP contribution in [0.5, 0.6) is 5.75 Å². The molecule has 16 heavy (non-hydrogen) atoms. The zero-order valence-corrected chi connectivity index (χ0v) is 9.84. The number of rotatable bonds is 3. The second kappa shape index (κ2) is 4.37. The van der Waals surface area contributed by atoms with Crippen molar-refractivity contribution in [3.8, 4) is 5.75 Å². The number of aliphatic hydroxyl groups is 1. The molecule has 0 amide bonds. The van der Waals surface area contributed by atoms with Gasteiger partial charge in [-0.25, -0.2) is 8.78 Å². The third kappa shape index (κ3) is 2.70. The Kier molecular flexibility index (Phi) is 3.53. The Morgan fingerprint density at radius 2 is 1.81 bits per heavy atom. The van der Waals surface area contributed by atoms with Gasteiger partial charge in [-0.05, 0) is 39.8 Å². The van der Waals surface area contributed by atoms with Crippen LogP contribution in [0.4, 0.5) is 8.78 Å². The van der Waals surface area contributed by atoms with Crippen molar-refractivity contribution in [2.45, 2.75) is 39.4 Å². The number of benzene rings is 1. The van der Waals surface area contributed by atoms with Crippen molar-refractivity contribution in [2.24, 2.45) is 0 Å². The van der Waals surface area contributed by atoms with E-state index in [1.807, 2.05) is 0 Å². The topological polar surface area (TPSA) is 29.5 Å². The summed E-state index contributed by atoms with van der Waals surface area (Å²) in [4.78, 5) is 0. The van der Waals surface area contributed by atoms with E-state index in [4.69, 9.17) is 4.74 Å². The van der Waals surface area contributed by atoms with Crippen molar-refractivity contribution in [1.82, 2.24) is 0 Å². The van der Waals surface area contributed by atoms with E-state index in [0.717, 1.165) is 6.07 Å². The molecule has 0 unspecified atom stereocenters. The quantitative estimate of drug-likeness (QED) is 0.865. The zero-order chi connectivity index (χ0) is 12.5. The van der Waals surface area contributed by atoms with Gasteiger partial charge in [-0.1, -0.05) is 0 Å². The molecule has 0 radical (unpaired) electrons. The molecule has 0 saturated heterocycles. The highest BCUT2D eigenvalue weighted by molar-refractivity contribution is 5.35. The molecule has 0 bridgehead atoms. The molecule has 0 spiro atoms. The maximum Gasteiger partial charge on any atom is 0.174 e. The van der Waals surface area contributed by atoms with Crippen LogP contribution in [0.15, 0.2) is 12.1 Å². The second-order valence-corrected chi connectivity index (χ2v) is 4.46. The van der Waals surface area contributed by atoms with Crippen LogP contribution >= 0.6 is 0 Å². The zero-order valence-electron chi connectivity index (χ0n) is 9.84. The van der Waals surface area contributed by atoms with E-state index in [9.17, 15) is 13.9 Å². The van der Waals surface area contributed by atoms with Gasteiger partial charge in [0, 0.05) is 0 Å². The summed E-state index contributed by atoms with van der Waals surface area (Å²) in [6, 6.07) is 2.31. The van der Waals surface area contributed by atoms with Gasteiger partial charge in [0.05, 0.1) is 17.3 Å². The Labute approximate surface area is 93.9 Å². The van der Waals surface area contributed by atoms with Crippen molar-refractivity contribution in [3.05, 3.63) is 29.3 Å². The van der Waals surface area contributed by atoms with Crippen LogP contribution in [-0.4, -0.2) is 11.2 Å². The third-order valence-electron chi connectivity index (χ3n) is 2.03. The summed E-state index contributed by atoms with van der Waals surface area (Å²) in [5, 5.41) is 9.67. The molecule has 4 heteroatoms. The first-order valence-corrected chi connectivity index (χ1v) is 5.11. The summed E-state index contributed by atoms with van der Waals surface area (Å²) in [5.41, 5.74) is -1.95. The summed E-state index contributed by atoms with van der Waals surface area (Å²) in [7, 11) is 0. The Bertz CT molecular complexity index is 381. The molecule has 90 valence electrons. The van der Waals surface area contributed by atoms with Crippen molar-refractivity contribution in [2.75, 3.05) is 0 Å². The lowest BCUT2D eigenvalue weighted by Crippen LogP contribution is -2.21. The van der Waals surface area contributed by atoms with Gasteiger partial charge in [-0.2, -0.15) is 0 Å². The highest BCUT2D eigenvalue weighted by atomic mass is 19.1. The van der Waals surface area contributed by atoms with Crippen LogP contribution in [0.25, 0.3) is 0 Å². The van der Waals surface area contributed by atoms with Gasteiger partial charge in [0.15, 0.2) is 11.6 Å². The fraction of sp³-hybridized carbons (Fsp3) is 0.500. The average Bonchev–Trinajstić information content (AvgIpc) is 2.07. The fourth-order valence-electron chi connectivity index (χ4n) is 1.44. The molecule has 0 aliphatic rings. The Morgan fingerprint density at radius 3 is 2.25 bits per heavy atom. The SMILES string of the molecule is CC(C)Oc1ccc(F)c(C(C)(C)O)c1F. The Morgan fingerprint density at radius 1 is 1.25 bits per heavy atom. The van der Waals surface area contributed by atoms with Gasteiger partial charge >= 0.3 is 0 Å². The highest BCUT2D eigenvalue weighted by Gasteiger charge is 2.27. The van der Waals surface area contributed by atoms with Crippen LogP contribution < -0.4 is 4.74 Å². The van der Waals surface area contributed by atoms with E-state index in [0.29, 0.717) is 0 Å². The van der Waals surface area contributed by atoms with Gasteiger partial charge in [-0.15, -0.1) is 0 Å². The maximum absolute atomic E-state index is 13.9. The molecule has 0 saturated carbocycles. The average molecular weight is 230 g/mol. The van der Waals surface area contributed by atoms with E-state index in [1.165, 1.54) is 19.9 Å². The minimum Gasteiger partial charge on any atom is -0.488 e. The molecule has 1 aromatic rings. The lowest BCUT2D eigenvalue weighted by atomic mass is 9.97. The predicted octanol–water partition coefficient (Wildman–Crippen LogP) is 2.98. The van der Waals surface area contributed by atoms with E-state index in [1.54, 1.807) is 13.8 Å². The summed E-state index contributed by atoms with van der Waals surface area (Å²) in [6.45, 7) is 6.14. The number of hydrogen-bond acceptors (Lipinski definition) is 2. The third-order valence-corrected chi connectivity index (χ3v) is 2.03. The van der Waals surface area contributed by atoms with Gasteiger partial charge in [0.1, 0.15) is 5.82 Å². The van der Waals surface area contributed by atoms with E-state index in [2.05, 4.69) is 0 Å². The number of ether oxygens (including phenoxy) is 1. The van der Waals surface area contributed by atoms with Gasteiger partial charge in [0.25, 0.3) is 0 Å². The molecule has 0 atom stereocenters. The predicted molar refractivity (Wildman–Crippen MR) is 57.4 cm³/mol. The van der Waals surface area contributed by atoms with E-state index < -0.39 is 17.2 Å². The molecule has 1 N–H and O–H groups in total. The molecular formula is C12H16F2O2. The highest BCUT2D eigenvalue weighted by Crippen LogP contribution is 2.31. The molecule has 0 aromatic heterocycles. The normalized spacial score (nSPS) is 12.0. The smallest absolute Gasteiger partial charge is 0.174 e. The molecular weight excluding hydrogens is 214 g/mol. The monoisotopic (exact) mass is 230 g/mol. The standard InChI is InChI=1S/C12H16F2O2/c1-7(2)16-9-6-5-8(13)10(11(9)14)12(3,4)15/h5-7,15H,1-4H3. The molecule has 0 aliphatic carbocycles. The Hall–Kier alpha value is -1.16. The summed E-state index contributed by atoms with van der Waals surface area (Å²) in [5.74, 6) is -1.67. The molecule has 0 heterocycles. The van der Waals surface area contributed by atoms with E-state index in [-0.39, 0.29) is 17.4 Å². The largest absolute Gasteiger partial charge is 0.488 e. The summed E-state index contributed by atoms with van der Waals surface area (Å²) >= 11 is 0. The fourth-order valence-corrected chi connectivity index (χ4v) is 1.44. The Balaban J connectivity index is 3.28. The van der Waals surface area contributed by atoms with Crippen LogP contribution in [-0.2, 0) is 5.60 Å². The molecule has 0 aliphatic heterocycles. The van der Waals surface area contributed by atoms with Crippen LogP contribution in [0, 0.1) is 11.6 Å². The first kappa shape index (κ1) is 12.9. The first-order chi connectivity index (χ1) is 7.23. The lowest BCUT2D eigenvalue weighted by Gasteiger charge is -2.21. The summed E-state index contributed by atoms with van der Waals surface area (Å²) in [6.07, 6.45) is -0.213. The van der Waals surface area contributed by atoms with Gasteiger partial charge in [-0.3, -0.25) is 0 Å². The number of halogens is 2. The van der Waals surface area contributed by atoms with Crippen molar-refractivity contribution < 1.29 is 18.6 Å². The summed E-state index contributed by atoms with van der Waals surface area (Å²) < 4.78 is 32.5. The van der Waals surface area contributed by atoms with Gasteiger partial charge < -0.3 is 9.84 Å². The van der Waals surface area contributed by atoms with Crippen molar-refractivity contribution >= 4 is 0 Å². The van der Waals surface area contributed by atoms with Crippen LogP contribution in [0.3, 0.4) is 0 Å². The number of hydrogen-bond donors (Lipinski definition) is 1. The van der Waals surface area contributed by atoms with Gasteiger partial charge in [0.2, 0.25) is 0 Å². The lowest BCUT2D eigenvalue weighted by molar-refractivity contribution is 0.0689. The molecule has 1 aromatic carbocycles. The minimum atomic E-state index is -1.58. The maximum atomic E-state index is 13.9. The molecule has 1 rings (SSSR count). The van der Waals surface area contributed by atoms with E-state index >= 15 is 0 Å². The molecule has 0 fully saturated rings. The van der Waals surface area contributed by atoms with Crippen LogP contribution in [0.2, 0.25) is 0 Å².